The molecule has 4 nitrogen and oxygen atoms in total. The van der Waals surface area contributed by atoms with Crippen LogP contribution in [-0.4, -0.2) is 33.3 Å². The molecule has 1 saturated carbocycles. The largest absolute Gasteiger partial charge is 0.393 e. The molecule has 1 fully saturated rings. The molecule has 29 heavy (non-hydrogen) atoms. The molecule has 0 spiro atoms. The van der Waals surface area contributed by atoms with Crippen molar-refractivity contribution in [2.45, 2.75) is 83.0 Å². The molecule has 1 unspecified atom stereocenters. The van der Waals surface area contributed by atoms with E-state index in [4.69, 9.17) is 0 Å². The van der Waals surface area contributed by atoms with Crippen LogP contribution < -0.4 is 0 Å². The van der Waals surface area contributed by atoms with Crippen molar-refractivity contribution in [1.29, 1.82) is 0 Å². The maximum absolute atomic E-state index is 11.0. The SMILES string of the molecule is CC(=O)CCCCCC[C@@H]1[C@@H](CCC(O)c2cc3ccccc3s2)[C@H](O)C[C@@H]1O. The normalized spacial score (nSPS) is 25.5. The fourth-order valence-corrected chi connectivity index (χ4v) is 5.83. The topological polar surface area (TPSA) is 77.8 Å². The minimum absolute atomic E-state index is 0.0475. The molecule has 5 atom stereocenters. The van der Waals surface area contributed by atoms with Crippen molar-refractivity contribution in [3.05, 3.63) is 35.2 Å². The molecule has 0 radical (unpaired) electrons. The summed E-state index contributed by atoms with van der Waals surface area (Å²) in [4.78, 5) is 12.0. The summed E-state index contributed by atoms with van der Waals surface area (Å²) < 4.78 is 1.18. The summed E-state index contributed by atoms with van der Waals surface area (Å²) in [7, 11) is 0. The van der Waals surface area contributed by atoms with E-state index in [0.29, 0.717) is 19.3 Å². The van der Waals surface area contributed by atoms with Crippen molar-refractivity contribution in [1.82, 2.24) is 0 Å². The Morgan fingerprint density at radius 2 is 1.76 bits per heavy atom. The second-order valence-electron chi connectivity index (χ2n) is 8.63. The van der Waals surface area contributed by atoms with E-state index in [9.17, 15) is 20.1 Å². The average molecular weight is 419 g/mol. The van der Waals surface area contributed by atoms with Gasteiger partial charge in [-0.25, -0.2) is 0 Å². The standard InChI is InChI=1S/C24H34O4S/c1-16(25)8-4-2-3-5-10-18-19(22(28)15-21(18)27)12-13-20(26)24-14-17-9-6-7-11-23(17)29-24/h6-7,9,11,14,18-22,26-28H,2-5,8,10,12-13,15H2,1H3/t18-,19-,20?,21+,22-/m1/s1. The van der Waals surface area contributed by atoms with Gasteiger partial charge in [0.05, 0.1) is 18.3 Å². The van der Waals surface area contributed by atoms with Crippen LogP contribution in [0.1, 0.15) is 75.7 Å². The Hall–Kier alpha value is -1.27. The van der Waals surface area contributed by atoms with Gasteiger partial charge < -0.3 is 20.1 Å². The Labute approximate surface area is 177 Å². The minimum atomic E-state index is -0.524. The summed E-state index contributed by atoms with van der Waals surface area (Å²) in [6, 6.07) is 10.2. The number of hydrogen-bond acceptors (Lipinski definition) is 5. The number of unbranched alkanes of at least 4 members (excludes halogenated alkanes) is 3. The van der Waals surface area contributed by atoms with E-state index < -0.39 is 18.3 Å². The summed E-state index contributed by atoms with van der Waals surface area (Å²) in [5.41, 5.74) is 0. The summed E-state index contributed by atoms with van der Waals surface area (Å²) in [5, 5.41) is 32.7. The number of fused-ring (bicyclic) bond motifs is 1. The van der Waals surface area contributed by atoms with Crippen LogP contribution >= 0.6 is 11.3 Å². The lowest BCUT2D eigenvalue weighted by Crippen LogP contribution is -2.23. The van der Waals surface area contributed by atoms with Gasteiger partial charge in [-0.05, 0) is 68.4 Å². The number of carbonyl (C=O) groups is 1. The second kappa shape index (κ2) is 10.7. The van der Waals surface area contributed by atoms with Gasteiger partial charge in [0.15, 0.2) is 0 Å². The molecule has 160 valence electrons. The zero-order valence-corrected chi connectivity index (χ0v) is 18.1. The van der Waals surface area contributed by atoms with Gasteiger partial charge >= 0.3 is 0 Å². The first kappa shape index (κ1) is 22.4. The lowest BCUT2D eigenvalue weighted by Gasteiger charge is -2.24. The van der Waals surface area contributed by atoms with Crippen molar-refractivity contribution >= 4 is 27.2 Å². The first-order chi connectivity index (χ1) is 14.0. The highest BCUT2D eigenvalue weighted by atomic mass is 32.1. The minimum Gasteiger partial charge on any atom is -0.393 e. The Morgan fingerprint density at radius 3 is 2.48 bits per heavy atom. The van der Waals surface area contributed by atoms with Crippen LogP contribution in [0.25, 0.3) is 10.1 Å². The smallest absolute Gasteiger partial charge is 0.129 e. The van der Waals surface area contributed by atoms with Crippen LogP contribution in [0.3, 0.4) is 0 Å². The maximum Gasteiger partial charge on any atom is 0.129 e. The summed E-state index contributed by atoms with van der Waals surface area (Å²) in [6.45, 7) is 1.63. The number of ketones is 1. The number of carbonyl (C=O) groups excluding carboxylic acids is 1. The van der Waals surface area contributed by atoms with Crippen LogP contribution in [0, 0.1) is 11.8 Å². The third-order valence-electron chi connectivity index (χ3n) is 6.38. The van der Waals surface area contributed by atoms with Gasteiger partial charge in [0.1, 0.15) is 5.78 Å². The van der Waals surface area contributed by atoms with E-state index in [2.05, 4.69) is 18.2 Å². The van der Waals surface area contributed by atoms with Crippen LogP contribution in [0.4, 0.5) is 0 Å². The lowest BCUT2D eigenvalue weighted by molar-refractivity contribution is -0.117. The number of Topliss-reactive ketones (excluding diaryl/α,β-unsaturated/α-hetero) is 1. The van der Waals surface area contributed by atoms with Crippen LogP contribution in [0.2, 0.25) is 0 Å². The summed E-state index contributed by atoms with van der Waals surface area (Å²) >= 11 is 1.63. The van der Waals surface area contributed by atoms with Crippen LogP contribution in [0.5, 0.6) is 0 Å². The van der Waals surface area contributed by atoms with Crippen molar-refractivity contribution in [2.75, 3.05) is 0 Å². The van der Waals surface area contributed by atoms with Gasteiger partial charge in [0, 0.05) is 16.0 Å². The number of aliphatic hydroxyl groups excluding tert-OH is 3. The van der Waals surface area contributed by atoms with E-state index in [-0.39, 0.29) is 17.6 Å². The highest BCUT2D eigenvalue weighted by molar-refractivity contribution is 7.19. The van der Waals surface area contributed by atoms with Crippen LogP contribution in [-0.2, 0) is 4.79 Å². The van der Waals surface area contributed by atoms with Gasteiger partial charge in [-0.3, -0.25) is 0 Å². The Morgan fingerprint density at radius 1 is 1.07 bits per heavy atom. The van der Waals surface area contributed by atoms with E-state index in [1.807, 2.05) is 12.1 Å². The van der Waals surface area contributed by atoms with Gasteiger partial charge in [-0.2, -0.15) is 0 Å². The third kappa shape index (κ3) is 6.11. The van der Waals surface area contributed by atoms with Gasteiger partial charge in [-0.15, -0.1) is 11.3 Å². The number of thiophene rings is 1. The molecule has 1 aromatic carbocycles. The molecule has 0 amide bonds. The van der Waals surface area contributed by atoms with Gasteiger partial charge in [-0.1, -0.05) is 37.5 Å². The number of benzene rings is 1. The summed E-state index contributed by atoms with van der Waals surface area (Å²) in [6.07, 6.45) is 5.94. The molecule has 1 aromatic heterocycles. The Balaban J connectivity index is 1.48. The maximum atomic E-state index is 11.0. The van der Waals surface area contributed by atoms with Crippen LogP contribution in [0.15, 0.2) is 30.3 Å². The van der Waals surface area contributed by atoms with Crippen molar-refractivity contribution in [3.8, 4) is 0 Å². The molecule has 1 aliphatic carbocycles. The third-order valence-corrected chi connectivity index (χ3v) is 7.60. The molecule has 0 saturated heterocycles. The molecule has 3 rings (SSSR count). The van der Waals surface area contributed by atoms with E-state index in [1.54, 1.807) is 18.3 Å². The summed E-state index contributed by atoms with van der Waals surface area (Å²) in [5.74, 6) is 0.398. The molecule has 5 heteroatoms. The van der Waals surface area contributed by atoms with E-state index in [1.165, 1.54) is 4.70 Å². The average Bonchev–Trinajstić information content (AvgIpc) is 3.23. The molecule has 0 bridgehead atoms. The number of rotatable bonds is 11. The van der Waals surface area contributed by atoms with Crippen molar-refractivity contribution in [3.63, 3.8) is 0 Å². The lowest BCUT2D eigenvalue weighted by atomic mass is 9.84. The molecule has 3 N–H and O–H groups in total. The molecule has 1 heterocycles. The van der Waals surface area contributed by atoms with Gasteiger partial charge in [0.25, 0.3) is 0 Å². The van der Waals surface area contributed by atoms with E-state index >= 15 is 0 Å². The molecular weight excluding hydrogens is 384 g/mol. The highest BCUT2D eigenvalue weighted by Gasteiger charge is 2.40. The first-order valence-electron chi connectivity index (χ1n) is 11.0. The first-order valence-corrected chi connectivity index (χ1v) is 11.8. The molecular formula is C24H34O4S. The van der Waals surface area contributed by atoms with E-state index in [0.717, 1.165) is 48.8 Å². The molecule has 2 aromatic rings. The zero-order valence-electron chi connectivity index (χ0n) is 17.3. The Bertz CT molecular complexity index is 753. The van der Waals surface area contributed by atoms with Gasteiger partial charge in [0.2, 0.25) is 0 Å². The Kier molecular flexibility index (Phi) is 8.25. The molecule has 1 aliphatic rings. The quantitative estimate of drug-likeness (QED) is 0.449. The predicted octanol–water partition coefficient (Wildman–Crippen LogP) is 5.00. The monoisotopic (exact) mass is 418 g/mol. The zero-order chi connectivity index (χ0) is 20.8. The van der Waals surface area contributed by atoms with Crippen molar-refractivity contribution in [2.24, 2.45) is 11.8 Å². The molecule has 0 aliphatic heterocycles. The number of hydrogen-bond donors (Lipinski definition) is 3. The number of aliphatic hydroxyl groups is 3. The predicted molar refractivity (Wildman–Crippen MR) is 118 cm³/mol. The van der Waals surface area contributed by atoms with Crippen molar-refractivity contribution < 1.29 is 20.1 Å². The highest BCUT2D eigenvalue weighted by Crippen LogP contribution is 2.41. The fraction of sp³-hybridized carbons (Fsp3) is 0.625. The second-order valence-corrected chi connectivity index (χ2v) is 9.75. The fourth-order valence-electron chi connectivity index (χ4n) is 4.75.